The molecule has 0 spiro atoms. The van der Waals surface area contributed by atoms with Crippen molar-refractivity contribution in [1.29, 1.82) is 0 Å². The van der Waals surface area contributed by atoms with Crippen LogP contribution >= 0.6 is 12.4 Å². The summed E-state index contributed by atoms with van der Waals surface area (Å²) in [6, 6.07) is 9.37. The summed E-state index contributed by atoms with van der Waals surface area (Å²) >= 11 is 0. The van der Waals surface area contributed by atoms with Crippen LogP contribution in [0, 0.1) is 6.92 Å². The lowest BCUT2D eigenvalue weighted by molar-refractivity contribution is 0.0945. The second kappa shape index (κ2) is 9.39. The summed E-state index contributed by atoms with van der Waals surface area (Å²) in [7, 11) is 0. The first kappa shape index (κ1) is 20.9. The minimum Gasteiger partial charge on any atom is -0.354 e. The third-order valence-corrected chi connectivity index (χ3v) is 4.08. The minimum atomic E-state index is -0.270. The van der Waals surface area contributed by atoms with E-state index >= 15 is 0 Å². The van der Waals surface area contributed by atoms with E-state index in [0.717, 1.165) is 23.2 Å². The smallest absolute Gasteiger partial charge is 0.268 e. The SMILES string of the molecule is CCCc1c(C(=O)NCC(N)c2ccccc2)[nH]c(C)c1C(C)=O.Cl. The van der Waals surface area contributed by atoms with Gasteiger partial charge in [0.25, 0.3) is 5.91 Å². The predicted molar refractivity (Wildman–Crippen MR) is 102 cm³/mol. The molecule has 136 valence electrons. The van der Waals surface area contributed by atoms with Gasteiger partial charge in [0, 0.05) is 23.8 Å². The summed E-state index contributed by atoms with van der Waals surface area (Å²) in [5.74, 6) is -0.243. The molecule has 6 heteroatoms. The second-order valence-electron chi connectivity index (χ2n) is 6.01. The number of nitrogens with one attached hydrogen (secondary N) is 2. The van der Waals surface area contributed by atoms with Crippen LogP contribution in [0.4, 0.5) is 0 Å². The van der Waals surface area contributed by atoms with Gasteiger partial charge in [0.2, 0.25) is 0 Å². The first-order valence-electron chi connectivity index (χ1n) is 8.26. The molecule has 0 aliphatic carbocycles. The zero-order valence-corrected chi connectivity index (χ0v) is 15.7. The number of carbonyl (C=O) groups is 2. The Kier molecular flexibility index (Phi) is 7.87. The number of benzene rings is 1. The van der Waals surface area contributed by atoms with Crippen LogP contribution in [0.3, 0.4) is 0 Å². The fourth-order valence-electron chi connectivity index (χ4n) is 2.96. The molecule has 1 aromatic heterocycles. The second-order valence-corrected chi connectivity index (χ2v) is 6.01. The Hall–Kier alpha value is -2.11. The van der Waals surface area contributed by atoms with Gasteiger partial charge in [-0.15, -0.1) is 12.4 Å². The molecule has 1 aromatic carbocycles. The van der Waals surface area contributed by atoms with Crippen molar-refractivity contribution in [3.8, 4) is 0 Å². The lowest BCUT2D eigenvalue weighted by Crippen LogP contribution is -2.32. The Bertz CT molecular complexity index is 726. The number of Topliss-reactive ketones (excluding diaryl/α,β-unsaturated/α-hetero) is 1. The molecular weight excluding hydrogens is 338 g/mol. The summed E-state index contributed by atoms with van der Waals surface area (Å²) in [4.78, 5) is 27.5. The molecule has 1 unspecified atom stereocenters. The largest absolute Gasteiger partial charge is 0.354 e. The van der Waals surface area contributed by atoms with Crippen LogP contribution < -0.4 is 11.1 Å². The molecule has 0 fully saturated rings. The summed E-state index contributed by atoms with van der Waals surface area (Å²) in [5, 5.41) is 2.87. The third-order valence-electron chi connectivity index (χ3n) is 4.08. The van der Waals surface area contributed by atoms with Gasteiger partial charge in [0.05, 0.1) is 0 Å². The van der Waals surface area contributed by atoms with Gasteiger partial charge in [0.1, 0.15) is 5.69 Å². The van der Waals surface area contributed by atoms with E-state index in [1.54, 1.807) is 0 Å². The van der Waals surface area contributed by atoms with Crippen LogP contribution in [0.2, 0.25) is 0 Å². The van der Waals surface area contributed by atoms with E-state index in [4.69, 9.17) is 5.73 Å². The van der Waals surface area contributed by atoms with Crippen molar-refractivity contribution in [2.75, 3.05) is 6.54 Å². The summed E-state index contributed by atoms with van der Waals surface area (Å²) < 4.78 is 0. The van der Waals surface area contributed by atoms with Crippen LogP contribution in [-0.2, 0) is 6.42 Å². The van der Waals surface area contributed by atoms with Crippen LogP contribution in [-0.4, -0.2) is 23.2 Å². The monoisotopic (exact) mass is 363 g/mol. The Balaban J connectivity index is 0.00000312. The maximum atomic E-state index is 12.6. The van der Waals surface area contributed by atoms with Crippen LogP contribution in [0.25, 0.3) is 0 Å². The normalized spacial score (nSPS) is 11.5. The molecular formula is C19H26ClN3O2. The zero-order chi connectivity index (χ0) is 17.7. The Morgan fingerprint density at radius 3 is 2.44 bits per heavy atom. The van der Waals surface area contributed by atoms with Gasteiger partial charge in [-0.1, -0.05) is 43.7 Å². The molecule has 0 aliphatic heterocycles. The van der Waals surface area contributed by atoms with Gasteiger partial charge in [-0.2, -0.15) is 0 Å². The fraction of sp³-hybridized carbons (Fsp3) is 0.368. The fourth-order valence-corrected chi connectivity index (χ4v) is 2.96. The lowest BCUT2D eigenvalue weighted by Gasteiger charge is -2.13. The van der Waals surface area contributed by atoms with E-state index in [2.05, 4.69) is 10.3 Å². The summed E-state index contributed by atoms with van der Waals surface area (Å²) in [6.07, 6.45) is 1.55. The van der Waals surface area contributed by atoms with Crippen molar-refractivity contribution >= 4 is 24.1 Å². The topological polar surface area (TPSA) is 88.0 Å². The van der Waals surface area contributed by atoms with Gasteiger partial charge in [-0.25, -0.2) is 0 Å². The maximum Gasteiger partial charge on any atom is 0.268 e. The number of carbonyl (C=O) groups excluding carboxylic acids is 2. The standard InChI is InChI=1S/C19H25N3O2.ClH/c1-4-8-15-17(13(3)23)12(2)22-18(15)19(24)21-11-16(20)14-9-6-5-7-10-14;/h5-7,9-10,16,22H,4,8,11,20H2,1-3H3,(H,21,24);1H. The van der Waals surface area contributed by atoms with Gasteiger partial charge >= 0.3 is 0 Å². The molecule has 0 saturated heterocycles. The van der Waals surface area contributed by atoms with Gasteiger partial charge in [-0.3, -0.25) is 9.59 Å². The van der Waals surface area contributed by atoms with Crippen molar-refractivity contribution in [3.05, 3.63) is 58.4 Å². The zero-order valence-electron chi connectivity index (χ0n) is 14.9. The molecule has 0 radical (unpaired) electrons. The first-order valence-corrected chi connectivity index (χ1v) is 8.26. The van der Waals surface area contributed by atoms with Crippen molar-refractivity contribution in [2.24, 2.45) is 5.73 Å². The van der Waals surface area contributed by atoms with Crippen LogP contribution in [0.1, 0.15) is 64.0 Å². The number of aromatic amines is 1. The molecule has 1 amide bonds. The molecule has 1 atom stereocenters. The van der Waals surface area contributed by atoms with E-state index in [9.17, 15) is 9.59 Å². The number of halogens is 1. The molecule has 4 N–H and O–H groups in total. The van der Waals surface area contributed by atoms with Crippen molar-refractivity contribution in [1.82, 2.24) is 10.3 Å². The number of ketones is 1. The predicted octanol–water partition coefficient (Wildman–Crippen LogP) is 3.33. The number of H-pyrrole nitrogens is 1. The van der Waals surface area contributed by atoms with Crippen molar-refractivity contribution < 1.29 is 9.59 Å². The Morgan fingerprint density at radius 2 is 1.88 bits per heavy atom. The highest BCUT2D eigenvalue weighted by Crippen LogP contribution is 2.21. The van der Waals surface area contributed by atoms with Crippen molar-refractivity contribution in [2.45, 2.75) is 39.7 Å². The molecule has 0 aliphatic rings. The van der Waals surface area contributed by atoms with E-state index in [1.807, 2.05) is 44.2 Å². The van der Waals surface area contributed by atoms with Gasteiger partial charge in [-0.05, 0) is 31.4 Å². The van der Waals surface area contributed by atoms with E-state index in [-0.39, 0.29) is 30.1 Å². The lowest BCUT2D eigenvalue weighted by atomic mass is 10.0. The molecule has 1 heterocycles. The number of aromatic nitrogens is 1. The molecule has 25 heavy (non-hydrogen) atoms. The van der Waals surface area contributed by atoms with Crippen LogP contribution in [0.15, 0.2) is 30.3 Å². The van der Waals surface area contributed by atoms with Crippen LogP contribution in [0.5, 0.6) is 0 Å². The summed E-state index contributed by atoms with van der Waals surface area (Å²) in [5.41, 5.74) is 9.74. The summed E-state index contributed by atoms with van der Waals surface area (Å²) in [6.45, 7) is 5.71. The maximum absolute atomic E-state index is 12.6. The Morgan fingerprint density at radius 1 is 1.24 bits per heavy atom. The van der Waals surface area contributed by atoms with Crippen molar-refractivity contribution in [3.63, 3.8) is 0 Å². The highest BCUT2D eigenvalue weighted by molar-refractivity contribution is 6.02. The molecule has 2 rings (SSSR count). The van der Waals surface area contributed by atoms with E-state index in [0.29, 0.717) is 24.2 Å². The molecule has 0 bridgehead atoms. The first-order chi connectivity index (χ1) is 11.5. The average molecular weight is 364 g/mol. The third kappa shape index (κ3) is 4.94. The highest BCUT2D eigenvalue weighted by atomic mass is 35.5. The number of hydrogen-bond donors (Lipinski definition) is 3. The van der Waals surface area contributed by atoms with Gasteiger partial charge in [0.15, 0.2) is 5.78 Å². The number of rotatable bonds is 7. The quantitative estimate of drug-likeness (QED) is 0.659. The minimum absolute atomic E-state index is 0. The Labute approximate surface area is 154 Å². The van der Waals surface area contributed by atoms with E-state index in [1.165, 1.54) is 6.92 Å². The number of amides is 1. The number of nitrogens with two attached hydrogens (primary N) is 1. The molecule has 5 nitrogen and oxygen atoms in total. The molecule has 0 saturated carbocycles. The highest BCUT2D eigenvalue weighted by Gasteiger charge is 2.22. The average Bonchev–Trinajstić information content (AvgIpc) is 2.90. The van der Waals surface area contributed by atoms with E-state index < -0.39 is 0 Å². The number of hydrogen-bond acceptors (Lipinski definition) is 3. The molecule has 2 aromatic rings. The van der Waals surface area contributed by atoms with Gasteiger partial charge < -0.3 is 16.0 Å². The number of aryl methyl sites for hydroxylation is 1.